The van der Waals surface area contributed by atoms with Crippen LogP contribution in [0.3, 0.4) is 0 Å². The second kappa shape index (κ2) is 11.8. The summed E-state index contributed by atoms with van der Waals surface area (Å²) in [6, 6.07) is 0. The molecule has 1 atom stereocenters. The summed E-state index contributed by atoms with van der Waals surface area (Å²) in [4.78, 5) is 11.5. The molecule has 0 aliphatic heterocycles. The summed E-state index contributed by atoms with van der Waals surface area (Å²) in [5.41, 5.74) is 0. The van der Waals surface area contributed by atoms with Crippen LogP contribution in [-0.4, -0.2) is 52.2 Å². The van der Waals surface area contributed by atoms with Crippen LogP contribution in [0.25, 0.3) is 0 Å². The van der Waals surface area contributed by atoms with Crippen molar-refractivity contribution in [2.45, 2.75) is 32.8 Å². The number of carbonyl (C=O) groups excluding carboxylic acids is 1. The zero-order valence-electron chi connectivity index (χ0n) is 11.1. The number of hydrogen-bond acceptors (Lipinski definition) is 5. The van der Waals surface area contributed by atoms with Crippen molar-refractivity contribution in [2.24, 2.45) is 0 Å². The summed E-state index contributed by atoms with van der Waals surface area (Å²) < 4.78 is 20.4. The fourth-order valence-electron chi connectivity index (χ4n) is 1.26. The highest BCUT2D eigenvalue weighted by atomic mass is 16.6. The Morgan fingerprint density at radius 1 is 1.12 bits per heavy atom. The van der Waals surface area contributed by atoms with Gasteiger partial charge in [0.2, 0.25) is 0 Å². The first-order valence-corrected chi connectivity index (χ1v) is 6.11. The number of esters is 1. The van der Waals surface area contributed by atoms with Gasteiger partial charge in [-0.2, -0.15) is 0 Å². The second-order valence-corrected chi connectivity index (χ2v) is 3.51. The van der Waals surface area contributed by atoms with Crippen molar-refractivity contribution >= 4 is 5.97 Å². The van der Waals surface area contributed by atoms with Crippen molar-refractivity contribution < 1.29 is 23.7 Å². The van der Waals surface area contributed by atoms with Gasteiger partial charge in [0.05, 0.1) is 33.0 Å². The molecule has 0 bridgehead atoms. The third kappa shape index (κ3) is 9.09. The molecule has 0 aromatic carbocycles. The molecule has 0 radical (unpaired) electrons. The zero-order valence-corrected chi connectivity index (χ0v) is 11.1. The minimum Gasteiger partial charge on any atom is -0.464 e. The second-order valence-electron chi connectivity index (χ2n) is 3.51. The van der Waals surface area contributed by atoms with Gasteiger partial charge in [-0.25, -0.2) is 4.79 Å². The smallest absolute Gasteiger partial charge is 0.335 e. The van der Waals surface area contributed by atoms with E-state index >= 15 is 0 Å². The normalized spacial score (nSPS) is 12.4. The Morgan fingerprint density at radius 3 is 2.41 bits per heavy atom. The number of hydrogen-bond donors (Lipinski definition) is 0. The highest BCUT2D eigenvalue weighted by Gasteiger charge is 2.18. The molecular weight excluding hydrogens is 224 g/mol. The molecule has 0 rings (SSSR count). The van der Waals surface area contributed by atoms with Gasteiger partial charge in [0.15, 0.2) is 6.10 Å². The van der Waals surface area contributed by atoms with Crippen LogP contribution in [0.1, 0.15) is 26.7 Å². The van der Waals surface area contributed by atoms with Gasteiger partial charge in [-0.1, -0.05) is 13.3 Å². The van der Waals surface area contributed by atoms with Crippen LogP contribution in [0.5, 0.6) is 0 Å². The third-order valence-electron chi connectivity index (χ3n) is 2.08. The van der Waals surface area contributed by atoms with E-state index in [0.29, 0.717) is 39.5 Å². The van der Waals surface area contributed by atoms with E-state index in [9.17, 15) is 4.79 Å². The van der Waals surface area contributed by atoms with Gasteiger partial charge in [0.1, 0.15) is 0 Å². The van der Waals surface area contributed by atoms with E-state index in [1.165, 1.54) is 0 Å². The van der Waals surface area contributed by atoms with E-state index in [0.717, 1.165) is 6.42 Å². The number of methoxy groups -OCH3 is 1. The molecule has 0 aromatic rings. The van der Waals surface area contributed by atoms with Gasteiger partial charge in [-0.05, 0) is 13.3 Å². The first-order valence-electron chi connectivity index (χ1n) is 6.11. The van der Waals surface area contributed by atoms with Crippen LogP contribution < -0.4 is 0 Å². The van der Waals surface area contributed by atoms with Gasteiger partial charge in [-0.3, -0.25) is 0 Å². The van der Waals surface area contributed by atoms with Crippen LogP contribution >= 0.6 is 0 Å². The Bertz CT molecular complexity index is 184. The number of ether oxygens (including phenoxy) is 4. The molecule has 0 amide bonds. The Hall–Kier alpha value is -0.650. The van der Waals surface area contributed by atoms with E-state index in [-0.39, 0.29) is 5.97 Å². The van der Waals surface area contributed by atoms with Crippen LogP contribution in [0.4, 0.5) is 0 Å². The predicted molar refractivity (Wildman–Crippen MR) is 64.0 cm³/mol. The van der Waals surface area contributed by atoms with E-state index < -0.39 is 6.10 Å². The largest absolute Gasteiger partial charge is 0.464 e. The first-order chi connectivity index (χ1) is 8.26. The quantitative estimate of drug-likeness (QED) is 0.408. The molecule has 5 nitrogen and oxygen atoms in total. The summed E-state index contributed by atoms with van der Waals surface area (Å²) in [7, 11) is 1.62. The lowest BCUT2D eigenvalue weighted by Crippen LogP contribution is -2.28. The topological polar surface area (TPSA) is 54.0 Å². The Balaban J connectivity index is 3.65. The highest BCUT2D eigenvalue weighted by molar-refractivity contribution is 5.74. The zero-order chi connectivity index (χ0) is 12.9. The van der Waals surface area contributed by atoms with Gasteiger partial charge in [-0.15, -0.1) is 0 Å². The molecule has 17 heavy (non-hydrogen) atoms. The molecule has 0 aliphatic rings. The van der Waals surface area contributed by atoms with E-state index in [2.05, 4.69) is 0 Å². The average molecular weight is 248 g/mol. The van der Waals surface area contributed by atoms with Crippen LogP contribution in [0.15, 0.2) is 0 Å². The predicted octanol–water partition coefficient (Wildman–Crippen LogP) is 1.40. The Morgan fingerprint density at radius 2 is 1.82 bits per heavy atom. The molecule has 1 unspecified atom stereocenters. The average Bonchev–Trinajstić information content (AvgIpc) is 2.32. The molecular formula is C12H24O5. The van der Waals surface area contributed by atoms with Gasteiger partial charge < -0.3 is 18.9 Å². The van der Waals surface area contributed by atoms with E-state index in [1.807, 2.05) is 6.92 Å². The maximum Gasteiger partial charge on any atom is 0.335 e. The Labute approximate surface area is 103 Å². The highest BCUT2D eigenvalue weighted by Crippen LogP contribution is 2.04. The van der Waals surface area contributed by atoms with Gasteiger partial charge in [0, 0.05) is 7.11 Å². The lowest BCUT2D eigenvalue weighted by Gasteiger charge is -2.15. The monoisotopic (exact) mass is 248 g/mol. The fourth-order valence-corrected chi connectivity index (χ4v) is 1.26. The molecule has 0 aromatic heterocycles. The maximum absolute atomic E-state index is 11.5. The van der Waals surface area contributed by atoms with Crippen molar-refractivity contribution in [1.82, 2.24) is 0 Å². The molecule has 0 spiro atoms. The van der Waals surface area contributed by atoms with Crippen molar-refractivity contribution in [3.8, 4) is 0 Å². The molecule has 0 saturated carbocycles. The third-order valence-corrected chi connectivity index (χ3v) is 2.08. The summed E-state index contributed by atoms with van der Waals surface area (Å²) in [6.45, 7) is 6.14. The van der Waals surface area contributed by atoms with Gasteiger partial charge in [0.25, 0.3) is 0 Å². The first kappa shape index (κ1) is 16.4. The summed E-state index contributed by atoms with van der Waals surface area (Å²) in [5, 5.41) is 0. The van der Waals surface area contributed by atoms with Crippen LogP contribution in [0.2, 0.25) is 0 Å². The summed E-state index contributed by atoms with van der Waals surface area (Å²) >= 11 is 0. The van der Waals surface area contributed by atoms with Crippen molar-refractivity contribution in [3.63, 3.8) is 0 Å². The minimum absolute atomic E-state index is 0.286. The fraction of sp³-hybridized carbons (Fsp3) is 0.917. The van der Waals surface area contributed by atoms with E-state index in [1.54, 1.807) is 14.0 Å². The summed E-state index contributed by atoms with van der Waals surface area (Å²) in [6.07, 6.45) is 1.09. The minimum atomic E-state index is -0.467. The van der Waals surface area contributed by atoms with Crippen LogP contribution in [-0.2, 0) is 23.7 Å². The molecule has 0 aliphatic carbocycles. The Kier molecular flexibility index (Phi) is 11.4. The standard InChI is InChI=1S/C12H24O5/c1-4-6-11(12(13)16-5-2)17-10-9-15-8-7-14-3/h11H,4-10H2,1-3H3. The van der Waals surface area contributed by atoms with Crippen molar-refractivity contribution in [1.29, 1.82) is 0 Å². The van der Waals surface area contributed by atoms with Crippen molar-refractivity contribution in [2.75, 3.05) is 40.1 Å². The van der Waals surface area contributed by atoms with E-state index in [4.69, 9.17) is 18.9 Å². The molecule has 102 valence electrons. The molecule has 0 N–H and O–H groups in total. The van der Waals surface area contributed by atoms with Crippen LogP contribution in [0, 0.1) is 0 Å². The SMILES string of the molecule is CCCC(OCCOCCOC)C(=O)OCC. The van der Waals surface area contributed by atoms with Gasteiger partial charge >= 0.3 is 5.97 Å². The number of carbonyl (C=O) groups is 1. The molecule has 0 fully saturated rings. The molecule has 0 heterocycles. The lowest BCUT2D eigenvalue weighted by atomic mass is 10.2. The maximum atomic E-state index is 11.5. The summed E-state index contributed by atoms with van der Waals surface area (Å²) in [5.74, 6) is -0.286. The molecule has 0 saturated heterocycles. The molecule has 5 heteroatoms. The number of rotatable bonds is 11. The lowest BCUT2D eigenvalue weighted by molar-refractivity contribution is -0.158. The van der Waals surface area contributed by atoms with Crippen molar-refractivity contribution in [3.05, 3.63) is 0 Å².